The lowest BCUT2D eigenvalue weighted by Gasteiger charge is -2.35. The Morgan fingerprint density at radius 1 is 1.48 bits per heavy atom. The molecule has 1 aliphatic rings. The topological polar surface area (TPSA) is 58.9 Å². The van der Waals surface area contributed by atoms with Crippen molar-refractivity contribution in [3.8, 4) is 5.75 Å². The third-order valence-electron chi connectivity index (χ3n) is 3.90. The lowest BCUT2D eigenvalue weighted by molar-refractivity contribution is -0.127. The first kappa shape index (κ1) is 14.1. The fourth-order valence-electron chi connectivity index (χ4n) is 2.80. The zero-order chi connectivity index (χ0) is 15.8. The molecule has 1 aromatic carbocycles. The number of anilines is 1. The molecule has 7 heteroatoms. The maximum atomic E-state index is 12.0. The number of hydrogen-bond acceptors (Lipinski definition) is 5. The van der Waals surface area contributed by atoms with Crippen LogP contribution in [0.4, 0.5) is 5.69 Å². The summed E-state index contributed by atoms with van der Waals surface area (Å²) < 4.78 is 7.84. The average Bonchev–Trinajstić information content (AvgIpc) is 3.15. The first-order valence-electron chi connectivity index (χ1n) is 7.38. The zero-order valence-electron chi connectivity index (χ0n) is 12.6. The van der Waals surface area contributed by atoms with E-state index >= 15 is 0 Å². The summed E-state index contributed by atoms with van der Waals surface area (Å²) >= 11 is 1.61. The Bertz CT molecular complexity index is 828. The molecule has 3 heterocycles. The number of thiazole rings is 1. The first-order valence-corrected chi connectivity index (χ1v) is 8.26. The predicted octanol–water partition coefficient (Wildman–Crippen LogP) is 1.91. The fourth-order valence-corrected chi connectivity index (χ4v) is 3.52. The van der Waals surface area contributed by atoms with Gasteiger partial charge in [-0.3, -0.25) is 9.20 Å². The first-order chi connectivity index (χ1) is 11.2. The highest BCUT2D eigenvalue weighted by molar-refractivity contribution is 7.15. The summed E-state index contributed by atoms with van der Waals surface area (Å²) in [6.45, 7) is 1.14. The summed E-state index contributed by atoms with van der Waals surface area (Å²) in [5.41, 5.74) is 1.97. The van der Waals surface area contributed by atoms with Gasteiger partial charge in [-0.15, -0.1) is 11.3 Å². The molecule has 0 spiro atoms. The van der Waals surface area contributed by atoms with Crippen LogP contribution in [0.3, 0.4) is 0 Å². The van der Waals surface area contributed by atoms with Crippen LogP contribution < -0.4 is 15.0 Å². The summed E-state index contributed by atoms with van der Waals surface area (Å²) in [4.78, 5) is 19.7. The van der Waals surface area contributed by atoms with Crippen LogP contribution >= 0.6 is 11.3 Å². The SMILES string of the molecule is CNC(=O)C1CN(Cc2cn3ccsc3n2)c2ccccc2O1. The van der Waals surface area contributed by atoms with E-state index in [0.29, 0.717) is 13.1 Å². The lowest BCUT2D eigenvalue weighted by atomic mass is 10.1. The molecule has 0 aliphatic carbocycles. The van der Waals surface area contributed by atoms with Crippen LogP contribution in [0.15, 0.2) is 42.0 Å². The Labute approximate surface area is 137 Å². The molecule has 1 N–H and O–H groups in total. The fraction of sp³-hybridized carbons (Fsp3) is 0.250. The second-order valence-corrected chi connectivity index (χ2v) is 6.27. The number of para-hydroxylation sites is 2. The van der Waals surface area contributed by atoms with Crippen molar-refractivity contribution in [3.63, 3.8) is 0 Å². The summed E-state index contributed by atoms with van der Waals surface area (Å²) in [6, 6.07) is 7.79. The van der Waals surface area contributed by atoms with Crippen molar-refractivity contribution in [2.24, 2.45) is 0 Å². The van der Waals surface area contributed by atoms with Gasteiger partial charge in [0.1, 0.15) is 5.75 Å². The molecule has 0 saturated heterocycles. The van der Waals surface area contributed by atoms with Crippen molar-refractivity contribution >= 4 is 27.9 Å². The van der Waals surface area contributed by atoms with Crippen LogP contribution in [0, 0.1) is 0 Å². The highest BCUT2D eigenvalue weighted by atomic mass is 32.1. The average molecular weight is 328 g/mol. The minimum absolute atomic E-state index is 0.115. The van der Waals surface area contributed by atoms with Crippen LogP contribution in [0.5, 0.6) is 5.75 Å². The quantitative estimate of drug-likeness (QED) is 0.798. The minimum Gasteiger partial charge on any atom is -0.477 e. The number of nitrogens with zero attached hydrogens (tertiary/aromatic N) is 3. The molecule has 1 unspecified atom stereocenters. The Kier molecular flexibility index (Phi) is 3.42. The Balaban J connectivity index is 1.65. The van der Waals surface area contributed by atoms with Gasteiger partial charge in [-0.05, 0) is 12.1 Å². The number of amides is 1. The normalized spacial score (nSPS) is 16.9. The second-order valence-electron chi connectivity index (χ2n) is 5.39. The molecule has 1 aliphatic heterocycles. The number of ether oxygens (including phenoxy) is 1. The van der Waals surface area contributed by atoms with Gasteiger partial charge in [0.15, 0.2) is 11.1 Å². The van der Waals surface area contributed by atoms with Crippen molar-refractivity contribution in [1.82, 2.24) is 14.7 Å². The molecule has 1 atom stereocenters. The van der Waals surface area contributed by atoms with E-state index in [-0.39, 0.29) is 5.91 Å². The van der Waals surface area contributed by atoms with Gasteiger partial charge in [0, 0.05) is 24.8 Å². The molecule has 1 amide bonds. The number of rotatable bonds is 3. The maximum absolute atomic E-state index is 12.0. The summed E-state index contributed by atoms with van der Waals surface area (Å²) in [7, 11) is 1.63. The molecule has 23 heavy (non-hydrogen) atoms. The largest absolute Gasteiger partial charge is 0.477 e. The van der Waals surface area contributed by atoms with Crippen LogP contribution in [0.1, 0.15) is 5.69 Å². The smallest absolute Gasteiger partial charge is 0.262 e. The summed E-state index contributed by atoms with van der Waals surface area (Å²) in [5, 5.41) is 4.67. The van der Waals surface area contributed by atoms with Crippen molar-refractivity contribution in [1.29, 1.82) is 0 Å². The van der Waals surface area contributed by atoms with Gasteiger partial charge >= 0.3 is 0 Å². The Morgan fingerprint density at radius 2 is 2.35 bits per heavy atom. The summed E-state index contributed by atoms with van der Waals surface area (Å²) in [5.74, 6) is 0.615. The second kappa shape index (κ2) is 5.58. The number of hydrogen-bond donors (Lipinski definition) is 1. The highest BCUT2D eigenvalue weighted by Crippen LogP contribution is 2.34. The molecule has 0 bridgehead atoms. The minimum atomic E-state index is -0.515. The van der Waals surface area contributed by atoms with E-state index in [9.17, 15) is 4.79 Å². The standard InChI is InChI=1S/C16H16N4O2S/c1-17-15(21)14-10-20(12-4-2-3-5-13(12)22-14)9-11-8-19-6-7-23-16(19)18-11/h2-8,14H,9-10H2,1H3,(H,17,21). The van der Waals surface area contributed by atoms with E-state index in [1.807, 2.05) is 46.4 Å². The number of fused-ring (bicyclic) bond motifs is 2. The molecule has 4 rings (SSSR count). The van der Waals surface area contributed by atoms with E-state index in [1.54, 1.807) is 18.4 Å². The van der Waals surface area contributed by atoms with Gasteiger partial charge < -0.3 is 15.0 Å². The van der Waals surface area contributed by atoms with Gasteiger partial charge in [0.25, 0.3) is 5.91 Å². The van der Waals surface area contributed by atoms with Gasteiger partial charge in [-0.2, -0.15) is 0 Å². The Morgan fingerprint density at radius 3 is 3.17 bits per heavy atom. The molecular weight excluding hydrogens is 312 g/mol. The van der Waals surface area contributed by atoms with Gasteiger partial charge in [0.2, 0.25) is 0 Å². The van der Waals surface area contributed by atoms with Crippen LogP contribution in [-0.4, -0.2) is 35.0 Å². The number of carbonyl (C=O) groups excluding carboxylic acids is 1. The van der Waals surface area contributed by atoms with Gasteiger partial charge in [-0.1, -0.05) is 12.1 Å². The molecule has 0 saturated carbocycles. The van der Waals surface area contributed by atoms with Crippen molar-refractivity contribution in [3.05, 3.63) is 47.7 Å². The number of likely N-dealkylation sites (N-methyl/N-ethyl adjacent to an activating group) is 1. The number of benzene rings is 1. The molecule has 6 nitrogen and oxygen atoms in total. The third-order valence-corrected chi connectivity index (χ3v) is 4.67. The molecule has 3 aromatic rings. The summed E-state index contributed by atoms with van der Waals surface area (Å²) in [6.07, 6.45) is 3.51. The van der Waals surface area contributed by atoms with E-state index in [1.165, 1.54) is 0 Å². The van der Waals surface area contributed by atoms with Crippen molar-refractivity contribution < 1.29 is 9.53 Å². The van der Waals surface area contributed by atoms with Crippen LogP contribution in [-0.2, 0) is 11.3 Å². The van der Waals surface area contributed by atoms with E-state index in [2.05, 4.69) is 15.2 Å². The third kappa shape index (κ3) is 2.53. The van der Waals surface area contributed by atoms with E-state index < -0.39 is 6.10 Å². The number of imidazole rings is 1. The number of aromatic nitrogens is 2. The number of nitrogens with one attached hydrogen (secondary N) is 1. The van der Waals surface area contributed by atoms with E-state index in [4.69, 9.17) is 4.74 Å². The molecular formula is C16H16N4O2S. The molecule has 0 fully saturated rings. The van der Waals surface area contributed by atoms with Crippen molar-refractivity contribution in [2.45, 2.75) is 12.6 Å². The molecule has 2 aromatic heterocycles. The zero-order valence-corrected chi connectivity index (χ0v) is 13.4. The van der Waals surface area contributed by atoms with Crippen molar-refractivity contribution in [2.75, 3.05) is 18.5 Å². The molecule has 118 valence electrons. The van der Waals surface area contributed by atoms with E-state index in [0.717, 1.165) is 22.1 Å². The Hall–Kier alpha value is -2.54. The number of carbonyl (C=O) groups is 1. The lowest BCUT2D eigenvalue weighted by Crippen LogP contribution is -2.48. The van der Waals surface area contributed by atoms with Gasteiger partial charge in [-0.25, -0.2) is 4.98 Å². The highest BCUT2D eigenvalue weighted by Gasteiger charge is 2.30. The van der Waals surface area contributed by atoms with Gasteiger partial charge in [0.05, 0.1) is 24.5 Å². The van der Waals surface area contributed by atoms with Crippen LogP contribution in [0.2, 0.25) is 0 Å². The maximum Gasteiger partial charge on any atom is 0.262 e. The predicted molar refractivity (Wildman–Crippen MR) is 89.0 cm³/mol. The van der Waals surface area contributed by atoms with Crippen LogP contribution in [0.25, 0.3) is 4.96 Å². The molecule has 0 radical (unpaired) electrons. The monoisotopic (exact) mass is 328 g/mol.